The molecule has 0 aliphatic carbocycles. The lowest BCUT2D eigenvalue weighted by Gasteiger charge is -2.38. The molecule has 2 heterocycles. The third-order valence-corrected chi connectivity index (χ3v) is 5.13. The van der Waals surface area contributed by atoms with E-state index in [-0.39, 0.29) is 6.61 Å². The van der Waals surface area contributed by atoms with Crippen molar-refractivity contribution in [1.29, 1.82) is 0 Å². The Balaban J connectivity index is 1.92. The van der Waals surface area contributed by atoms with Crippen molar-refractivity contribution in [3.8, 4) is 11.8 Å². The molecule has 1 saturated heterocycles. The third kappa shape index (κ3) is 4.09. The van der Waals surface area contributed by atoms with Gasteiger partial charge in [0.25, 0.3) is 0 Å². The molecule has 0 unspecified atom stereocenters. The molecule has 1 aromatic heterocycles. The summed E-state index contributed by atoms with van der Waals surface area (Å²) in [5.74, 6) is 6.64. The molecule has 0 saturated carbocycles. The van der Waals surface area contributed by atoms with Crippen LogP contribution in [0.2, 0.25) is 0 Å². The Morgan fingerprint density at radius 1 is 1.35 bits per heavy atom. The zero-order valence-electron chi connectivity index (χ0n) is 12.8. The summed E-state index contributed by atoms with van der Waals surface area (Å²) < 4.78 is 0. The van der Waals surface area contributed by atoms with Crippen molar-refractivity contribution in [2.24, 2.45) is 11.3 Å². The van der Waals surface area contributed by atoms with E-state index in [9.17, 15) is 0 Å². The summed E-state index contributed by atoms with van der Waals surface area (Å²) in [4.78, 5) is 3.87. The van der Waals surface area contributed by atoms with Crippen LogP contribution in [-0.4, -0.2) is 29.7 Å². The van der Waals surface area contributed by atoms with Gasteiger partial charge in [0, 0.05) is 17.0 Å². The van der Waals surface area contributed by atoms with E-state index in [1.165, 1.54) is 30.8 Å². The molecule has 1 aliphatic rings. The van der Waals surface area contributed by atoms with Crippen LogP contribution in [0.1, 0.15) is 44.1 Å². The number of aliphatic hydroxyl groups is 1. The van der Waals surface area contributed by atoms with Gasteiger partial charge in [0.2, 0.25) is 0 Å². The fourth-order valence-electron chi connectivity index (χ4n) is 2.87. The largest absolute Gasteiger partial charge is 0.384 e. The van der Waals surface area contributed by atoms with E-state index in [1.807, 2.05) is 0 Å². The van der Waals surface area contributed by atoms with Crippen LogP contribution in [0.15, 0.2) is 11.4 Å². The van der Waals surface area contributed by atoms with Crippen molar-refractivity contribution >= 4 is 11.3 Å². The molecule has 20 heavy (non-hydrogen) atoms. The third-order valence-electron chi connectivity index (χ3n) is 4.23. The van der Waals surface area contributed by atoms with Gasteiger partial charge in [-0.15, -0.1) is 11.3 Å². The van der Waals surface area contributed by atoms with E-state index >= 15 is 0 Å². The van der Waals surface area contributed by atoms with Gasteiger partial charge in [0.15, 0.2) is 0 Å². The molecule has 0 bridgehead atoms. The highest BCUT2D eigenvalue weighted by atomic mass is 32.1. The number of hydrogen-bond donors (Lipinski definition) is 1. The van der Waals surface area contributed by atoms with E-state index in [1.54, 1.807) is 11.3 Å². The predicted octanol–water partition coefficient (Wildman–Crippen LogP) is 3.35. The van der Waals surface area contributed by atoms with Gasteiger partial charge in [0.1, 0.15) is 6.61 Å². The first-order chi connectivity index (χ1) is 9.50. The number of aliphatic hydroxyl groups excluding tert-OH is 1. The van der Waals surface area contributed by atoms with E-state index in [2.05, 4.69) is 49.0 Å². The van der Waals surface area contributed by atoms with Gasteiger partial charge in [0.05, 0.1) is 0 Å². The van der Waals surface area contributed by atoms with Gasteiger partial charge in [-0.3, -0.25) is 4.90 Å². The second kappa shape index (κ2) is 6.76. The highest BCUT2D eigenvalue weighted by Gasteiger charge is 2.28. The quantitative estimate of drug-likeness (QED) is 0.845. The van der Waals surface area contributed by atoms with Crippen LogP contribution in [0.3, 0.4) is 0 Å². The van der Waals surface area contributed by atoms with Crippen LogP contribution in [0.25, 0.3) is 0 Å². The highest BCUT2D eigenvalue weighted by molar-refractivity contribution is 7.10. The molecule has 2 rings (SSSR count). The molecule has 0 spiro atoms. The Kier molecular flexibility index (Phi) is 5.26. The number of hydrogen-bond acceptors (Lipinski definition) is 3. The minimum absolute atomic E-state index is 0.0632. The van der Waals surface area contributed by atoms with Gasteiger partial charge in [-0.25, -0.2) is 0 Å². The minimum Gasteiger partial charge on any atom is -0.384 e. The van der Waals surface area contributed by atoms with Crippen LogP contribution in [0, 0.1) is 23.2 Å². The minimum atomic E-state index is -0.0632. The summed E-state index contributed by atoms with van der Waals surface area (Å²) in [5.41, 5.74) is 1.52. The molecule has 2 nitrogen and oxygen atoms in total. The predicted molar refractivity (Wildman–Crippen MR) is 85.7 cm³/mol. The first-order valence-corrected chi connectivity index (χ1v) is 8.27. The van der Waals surface area contributed by atoms with Crippen molar-refractivity contribution in [2.45, 2.75) is 40.2 Å². The smallest absolute Gasteiger partial charge is 0.104 e. The molecule has 0 radical (unpaired) electrons. The second-order valence-electron chi connectivity index (χ2n) is 6.63. The van der Waals surface area contributed by atoms with Crippen molar-refractivity contribution < 1.29 is 5.11 Å². The van der Waals surface area contributed by atoms with Crippen molar-refractivity contribution in [1.82, 2.24) is 4.90 Å². The molecule has 110 valence electrons. The van der Waals surface area contributed by atoms with Gasteiger partial charge in [-0.05, 0) is 48.7 Å². The van der Waals surface area contributed by atoms with Crippen LogP contribution in [0.4, 0.5) is 0 Å². The Hall–Kier alpha value is -0.820. The van der Waals surface area contributed by atoms with Crippen LogP contribution in [-0.2, 0) is 6.54 Å². The second-order valence-corrected chi connectivity index (χ2v) is 7.63. The zero-order chi connectivity index (χ0) is 14.6. The lowest BCUT2D eigenvalue weighted by atomic mass is 9.75. The molecule has 0 amide bonds. The SMILES string of the molecule is CC(C)(C)C1CCN(Cc2sccc2C#CCO)CC1. The molecular weight excluding hydrogens is 266 g/mol. The lowest BCUT2D eigenvalue weighted by molar-refractivity contribution is 0.108. The number of likely N-dealkylation sites (tertiary alicyclic amines) is 1. The Labute approximate surface area is 126 Å². The average Bonchev–Trinajstić information content (AvgIpc) is 2.83. The first-order valence-electron chi connectivity index (χ1n) is 7.39. The Bertz CT molecular complexity index is 481. The van der Waals surface area contributed by atoms with Gasteiger partial charge >= 0.3 is 0 Å². The van der Waals surface area contributed by atoms with E-state index < -0.39 is 0 Å². The maximum atomic E-state index is 8.80. The first kappa shape index (κ1) is 15.6. The van der Waals surface area contributed by atoms with E-state index in [0.29, 0.717) is 5.41 Å². The monoisotopic (exact) mass is 291 g/mol. The maximum absolute atomic E-state index is 8.80. The summed E-state index contributed by atoms with van der Waals surface area (Å²) in [6, 6.07) is 2.06. The van der Waals surface area contributed by atoms with Crippen molar-refractivity contribution in [3.05, 3.63) is 21.9 Å². The summed E-state index contributed by atoms with van der Waals surface area (Å²) in [5, 5.41) is 10.9. The van der Waals surface area contributed by atoms with Crippen molar-refractivity contribution in [2.75, 3.05) is 19.7 Å². The molecule has 1 fully saturated rings. The average molecular weight is 291 g/mol. The van der Waals surface area contributed by atoms with Crippen LogP contribution < -0.4 is 0 Å². The van der Waals surface area contributed by atoms with Crippen molar-refractivity contribution in [3.63, 3.8) is 0 Å². The maximum Gasteiger partial charge on any atom is 0.104 e. The molecule has 1 N–H and O–H groups in total. The fraction of sp³-hybridized carbons (Fsp3) is 0.647. The number of nitrogens with zero attached hydrogens (tertiary/aromatic N) is 1. The molecule has 1 aliphatic heterocycles. The number of piperidine rings is 1. The zero-order valence-corrected chi connectivity index (χ0v) is 13.6. The lowest BCUT2D eigenvalue weighted by Crippen LogP contribution is -2.37. The summed E-state index contributed by atoms with van der Waals surface area (Å²) in [6.07, 6.45) is 2.60. The standard InChI is InChI=1S/C17H25NOS/c1-17(2,3)15-6-9-18(10-7-15)13-16-14(5-4-11-19)8-12-20-16/h8,12,15,19H,6-7,9-11,13H2,1-3H3. The van der Waals surface area contributed by atoms with Gasteiger partial charge in [-0.2, -0.15) is 0 Å². The number of rotatable bonds is 2. The van der Waals surface area contributed by atoms with Gasteiger partial charge < -0.3 is 5.11 Å². The van der Waals surface area contributed by atoms with E-state index in [0.717, 1.165) is 18.0 Å². The fourth-order valence-corrected chi connectivity index (χ4v) is 3.74. The highest BCUT2D eigenvalue weighted by Crippen LogP contribution is 2.34. The van der Waals surface area contributed by atoms with Crippen LogP contribution in [0.5, 0.6) is 0 Å². The molecule has 0 atom stereocenters. The summed E-state index contributed by atoms with van der Waals surface area (Å²) >= 11 is 1.77. The molecule has 3 heteroatoms. The molecular formula is C17H25NOS. The summed E-state index contributed by atoms with van der Waals surface area (Å²) in [6.45, 7) is 10.4. The normalized spacial score (nSPS) is 17.8. The Morgan fingerprint density at radius 3 is 2.65 bits per heavy atom. The van der Waals surface area contributed by atoms with Gasteiger partial charge in [-0.1, -0.05) is 32.6 Å². The number of thiophene rings is 1. The summed E-state index contributed by atoms with van der Waals surface area (Å²) in [7, 11) is 0. The molecule has 0 aromatic carbocycles. The molecule has 1 aromatic rings. The van der Waals surface area contributed by atoms with Crippen LogP contribution >= 0.6 is 11.3 Å². The Morgan fingerprint density at radius 2 is 2.05 bits per heavy atom. The van der Waals surface area contributed by atoms with E-state index in [4.69, 9.17) is 5.11 Å². The topological polar surface area (TPSA) is 23.5 Å².